The van der Waals surface area contributed by atoms with Gasteiger partial charge >= 0.3 is 0 Å². The molecule has 4 nitrogen and oxygen atoms in total. The van der Waals surface area contributed by atoms with Crippen LogP contribution in [0.15, 0.2) is 54.7 Å². The molecule has 0 fully saturated rings. The summed E-state index contributed by atoms with van der Waals surface area (Å²) in [6, 6.07) is 14.0. The molecule has 0 spiro atoms. The zero-order chi connectivity index (χ0) is 17.9. The maximum Gasteiger partial charge on any atom is 0.159 e. The predicted octanol–water partition coefficient (Wildman–Crippen LogP) is 3.52. The summed E-state index contributed by atoms with van der Waals surface area (Å²) in [5.74, 6) is -0.735. The predicted molar refractivity (Wildman–Crippen MR) is 94.3 cm³/mol. The van der Waals surface area contributed by atoms with E-state index < -0.39 is 11.6 Å². The summed E-state index contributed by atoms with van der Waals surface area (Å²) < 4.78 is 34.2. The number of benzene rings is 2. The molecular formula is C20H19F2N3O. The third-order valence-electron chi connectivity index (χ3n) is 4.46. The van der Waals surface area contributed by atoms with Crippen LogP contribution in [0.3, 0.4) is 0 Å². The topological polar surface area (TPSA) is 39.1 Å². The van der Waals surface area contributed by atoms with Crippen molar-refractivity contribution < 1.29 is 13.5 Å². The average molecular weight is 355 g/mol. The number of nitrogens with one attached hydrogen (secondary N) is 1. The Labute approximate surface area is 150 Å². The molecular weight excluding hydrogens is 336 g/mol. The zero-order valence-electron chi connectivity index (χ0n) is 14.2. The van der Waals surface area contributed by atoms with E-state index in [4.69, 9.17) is 4.74 Å². The molecule has 2 aromatic carbocycles. The molecule has 1 N–H and O–H groups in total. The Kier molecular flexibility index (Phi) is 4.77. The van der Waals surface area contributed by atoms with Gasteiger partial charge in [-0.15, -0.1) is 0 Å². The Morgan fingerprint density at radius 1 is 1.12 bits per heavy atom. The molecule has 2 heterocycles. The van der Waals surface area contributed by atoms with Crippen molar-refractivity contribution in [1.29, 1.82) is 0 Å². The second-order valence-corrected chi connectivity index (χ2v) is 6.37. The Morgan fingerprint density at radius 2 is 1.96 bits per heavy atom. The first-order valence-corrected chi connectivity index (χ1v) is 8.57. The molecule has 3 aromatic rings. The van der Waals surface area contributed by atoms with Crippen LogP contribution in [0.4, 0.5) is 8.78 Å². The molecule has 0 aliphatic carbocycles. The van der Waals surface area contributed by atoms with E-state index in [0.717, 1.165) is 23.1 Å². The van der Waals surface area contributed by atoms with Crippen molar-refractivity contribution in [2.45, 2.75) is 25.8 Å². The minimum Gasteiger partial charge on any atom is -0.367 e. The Hall–Kier alpha value is -2.57. The summed E-state index contributed by atoms with van der Waals surface area (Å²) in [5, 5.41) is 3.24. The van der Waals surface area contributed by atoms with Gasteiger partial charge in [0.2, 0.25) is 0 Å². The van der Waals surface area contributed by atoms with E-state index in [0.29, 0.717) is 31.8 Å². The number of hydrogen-bond donors (Lipinski definition) is 1. The lowest BCUT2D eigenvalue weighted by molar-refractivity contribution is 0.00278. The average Bonchev–Trinajstić information content (AvgIpc) is 3.09. The highest BCUT2D eigenvalue weighted by molar-refractivity contribution is 5.58. The number of nitrogens with zero attached hydrogens (tertiary/aromatic N) is 2. The Morgan fingerprint density at radius 3 is 2.77 bits per heavy atom. The maximum atomic E-state index is 13.2. The van der Waals surface area contributed by atoms with Gasteiger partial charge in [0.25, 0.3) is 0 Å². The lowest BCUT2D eigenvalue weighted by atomic mass is 10.2. The molecule has 0 radical (unpaired) electrons. The van der Waals surface area contributed by atoms with E-state index in [1.165, 1.54) is 6.07 Å². The second kappa shape index (κ2) is 7.35. The molecule has 0 unspecified atom stereocenters. The number of ether oxygens (including phenoxy) is 1. The van der Waals surface area contributed by atoms with Crippen molar-refractivity contribution in [3.63, 3.8) is 0 Å². The van der Waals surface area contributed by atoms with Gasteiger partial charge in [0.15, 0.2) is 11.6 Å². The molecule has 0 bridgehead atoms. The van der Waals surface area contributed by atoms with Gasteiger partial charge in [-0.05, 0) is 17.7 Å². The van der Waals surface area contributed by atoms with Crippen LogP contribution in [0.25, 0.3) is 11.3 Å². The number of hydrogen-bond acceptors (Lipinski definition) is 3. The van der Waals surface area contributed by atoms with E-state index in [1.807, 2.05) is 30.3 Å². The molecule has 1 atom stereocenters. The minimum atomic E-state index is -0.828. The van der Waals surface area contributed by atoms with Crippen LogP contribution in [0.1, 0.15) is 11.4 Å². The van der Waals surface area contributed by atoms with Crippen LogP contribution in [-0.4, -0.2) is 22.2 Å². The highest BCUT2D eigenvalue weighted by Gasteiger charge is 2.21. The molecule has 26 heavy (non-hydrogen) atoms. The Balaban J connectivity index is 1.35. The van der Waals surface area contributed by atoms with Crippen LogP contribution in [0.2, 0.25) is 0 Å². The second-order valence-electron chi connectivity index (χ2n) is 6.37. The summed E-state index contributed by atoms with van der Waals surface area (Å²) in [6.07, 6.45) is 2.06. The van der Waals surface area contributed by atoms with Crippen LogP contribution in [0, 0.1) is 11.6 Å². The van der Waals surface area contributed by atoms with Crippen LogP contribution in [0.5, 0.6) is 0 Å². The normalized spacial score (nSPS) is 16.5. The first-order valence-electron chi connectivity index (χ1n) is 8.57. The van der Waals surface area contributed by atoms with Crippen LogP contribution < -0.4 is 5.32 Å². The van der Waals surface area contributed by atoms with Crippen molar-refractivity contribution in [3.05, 3.63) is 77.8 Å². The fourth-order valence-corrected chi connectivity index (χ4v) is 3.09. The van der Waals surface area contributed by atoms with Crippen molar-refractivity contribution in [2.75, 3.05) is 6.54 Å². The smallest absolute Gasteiger partial charge is 0.159 e. The molecule has 1 aromatic heterocycles. The first-order chi connectivity index (χ1) is 12.7. The van der Waals surface area contributed by atoms with Gasteiger partial charge < -0.3 is 14.6 Å². The number of halogens is 2. The largest absolute Gasteiger partial charge is 0.367 e. The summed E-state index contributed by atoms with van der Waals surface area (Å²) >= 11 is 0. The zero-order valence-corrected chi connectivity index (χ0v) is 14.2. The van der Waals surface area contributed by atoms with Gasteiger partial charge in [0.1, 0.15) is 12.4 Å². The van der Waals surface area contributed by atoms with E-state index in [9.17, 15) is 8.78 Å². The summed E-state index contributed by atoms with van der Waals surface area (Å²) in [4.78, 5) is 4.64. The van der Waals surface area contributed by atoms with Gasteiger partial charge in [-0.3, -0.25) is 0 Å². The quantitative estimate of drug-likeness (QED) is 0.761. The number of fused-ring (bicyclic) bond motifs is 1. The molecule has 0 amide bonds. The number of imidazole rings is 1. The van der Waals surface area contributed by atoms with Crippen LogP contribution in [-0.2, 0) is 24.4 Å². The van der Waals surface area contributed by atoms with Crippen molar-refractivity contribution >= 4 is 0 Å². The van der Waals surface area contributed by atoms with Gasteiger partial charge in [-0.1, -0.05) is 36.4 Å². The van der Waals surface area contributed by atoms with Crippen molar-refractivity contribution in [3.8, 4) is 11.3 Å². The molecule has 1 aliphatic heterocycles. The van der Waals surface area contributed by atoms with E-state index >= 15 is 0 Å². The molecule has 1 aliphatic rings. The van der Waals surface area contributed by atoms with E-state index in [2.05, 4.69) is 21.1 Å². The monoisotopic (exact) mass is 355 g/mol. The van der Waals surface area contributed by atoms with Crippen molar-refractivity contribution in [1.82, 2.24) is 14.9 Å². The fraction of sp³-hybridized carbons (Fsp3) is 0.250. The standard InChI is InChI=1S/C20H19F2N3O/c21-17-7-6-14(8-18(17)22)9-23-10-16-11-25-12-19(24-20(25)13-26-16)15-4-2-1-3-5-15/h1-8,12,16,23H,9-11,13H2/t16-/m0/s1. The molecule has 6 heteroatoms. The van der Waals surface area contributed by atoms with E-state index in [-0.39, 0.29) is 6.10 Å². The summed E-state index contributed by atoms with van der Waals surface area (Å²) in [6.45, 7) is 2.25. The lowest BCUT2D eigenvalue weighted by Gasteiger charge is -2.24. The highest BCUT2D eigenvalue weighted by Crippen LogP contribution is 2.22. The number of aromatic nitrogens is 2. The number of rotatable bonds is 5. The molecule has 134 valence electrons. The lowest BCUT2D eigenvalue weighted by Crippen LogP contribution is -2.36. The van der Waals surface area contributed by atoms with Gasteiger partial charge in [0, 0.05) is 24.8 Å². The Bertz CT molecular complexity index is 895. The molecule has 0 saturated heterocycles. The SMILES string of the molecule is Fc1ccc(CNC[C@H]2Cn3cc(-c4ccccc4)nc3CO2)cc1F. The van der Waals surface area contributed by atoms with Crippen molar-refractivity contribution in [2.24, 2.45) is 0 Å². The third kappa shape index (κ3) is 3.66. The van der Waals surface area contributed by atoms with Gasteiger partial charge in [-0.25, -0.2) is 13.8 Å². The maximum absolute atomic E-state index is 13.2. The first kappa shape index (κ1) is 16.9. The third-order valence-corrected chi connectivity index (χ3v) is 4.46. The van der Waals surface area contributed by atoms with Crippen LogP contribution >= 0.6 is 0 Å². The van der Waals surface area contributed by atoms with Gasteiger partial charge in [0.05, 0.1) is 18.3 Å². The molecule has 4 rings (SSSR count). The summed E-state index contributed by atoms with van der Waals surface area (Å²) in [7, 11) is 0. The fourth-order valence-electron chi connectivity index (χ4n) is 3.09. The minimum absolute atomic E-state index is 0.00520. The molecule has 0 saturated carbocycles. The summed E-state index contributed by atoms with van der Waals surface area (Å²) in [5.41, 5.74) is 2.73. The highest BCUT2D eigenvalue weighted by atomic mass is 19.2. The van der Waals surface area contributed by atoms with Gasteiger partial charge in [-0.2, -0.15) is 0 Å². The van der Waals surface area contributed by atoms with E-state index in [1.54, 1.807) is 6.07 Å².